The molecule has 0 heterocycles. The second kappa shape index (κ2) is 18.5. The van der Waals surface area contributed by atoms with E-state index < -0.39 is 0 Å². The maximum absolute atomic E-state index is 4.32. The lowest BCUT2D eigenvalue weighted by Crippen LogP contribution is -2.14. The Kier molecular flexibility index (Phi) is 11.3. The van der Waals surface area contributed by atoms with Crippen molar-refractivity contribution in [3.05, 3.63) is 285 Å². The van der Waals surface area contributed by atoms with Crippen molar-refractivity contribution < 1.29 is 0 Å². The lowest BCUT2D eigenvalue weighted by molar-refractivity contribution is 1.22. The highest BCUT2D eigenvalue weighted by Crippen LogP contribution is 2.41. The number of anilines is 5. The zero-order valence-corrected chi connectivity index (χ0v) is 37.7. The lowest BCUT2D eigenvalue weighted by atomic mass is 9.96. The lowest BCUT2D eigenvalue weighted by Gasteiger charge is -2.27. The SMILES string of the molecule is C=C/C=C\c1cc2ccccc2c2ccc(N(c3ccccc3)c3ccc(-c4ccc(-c5ccc(N(/C(C=C)=C/c6cc7ccccc7c7ccccc67)c6ccccc6)cc5)cc4)cc3)cc12. The van der Waals surface area contributed by atoms with Crippen molar-refractivity contribution >= 4 is 83.7 Å². The summed E-state index contributed by atoms with van der Waals surface area (Å²) in [5.41, 5.74) is 13.3. The third kappa shape index (κ3) is 8.06. The first kappa shape index (κ1) is 41.7. The average molecular weight is 869 g/mol. The van der Waals surface area contributed by atoms with Gasteiger partial charge in [-0.3, -0.25) is 0 Å². The fraction of sp³-hybridized carbons (Fsp3) is 0. The van der Waals surface area contributed by atoms with Crippen molar-refractivity contribution in [2.75, 3.05) is 9.80 Å². The number of nitrogens with zero attached hydrogens (tertiary/aromatic N) is 2. The van der Waals surface area contributed by atoms with E-state index in [1.165, 1.54) is 43.1 Å². The van der Waals surface area contributed by atoms with E-state index in [1.54, 1.807) is 0 Å². The van der Waals surface area contributed by atoms with Crippen molar-refractivity contribution in [1.29, 1.82) is 0 Å². The molecule has 0 fully saturated rings. The normalized spacial score (nSPS) is 11.7. The van der Waals surface area contributed by atoms with Crippen LogP contribution in [0.3, 0.4) is 0 Å². The van der Waals surface area contributed by atoms with E-state index in [0.717, 1.165) is 67.5 Å². The molecular weight excluding hydrogens is 821 g/mol. The van der Waals surface area contributed by atoms with Crippen LogP contribution >= 0.6 is 0 Å². The van der Waals surface area contributed by atoms with Crippen molar-refractivity contribution in [2.45, 2.75) is 0 Å². The molecule has 0 bridgehead atoms. The number of rotatable bonds is 12. The molecule has 0 aromatic heterocycles. The largest absolute Gasteiger partial charge is 0.311 e. The molecule has 0 N–H and O–H groups in total. The van der Waals surface area contributed by atoms with Crippen LogP contribution in [0.15, 0.2) is 274 Å². The number of allylic oxidation sites excluding steroid dienone is 3. The van der Waals surface area contributed by atoms with E-state index in [4.69, 9.17) is 0 Å². The van der Waals surface area contributed by atoms with Crippen LogP contribution in [0.4, 0.5) is 28.4 Å². The minimum Gasteiger partial charge on any atom is -0.311 e. The van der Waals surface area contributed by atoms with Crippen molar-refractivity contribution in [3.63, 3.8) is 0 Å². The first-order valence-electron chi connectivity index (χ1n) is 23.1. The Morgan fingerprint density at radius 3 is 1.34 bits per heavy atom. The predicted octanol–water partition coefficient (Wildman–Crippen LogP) is 18.7. The average Bonchev–Trinajstić information content (AvgIpc) is 3.41. The fourth-order valence-corrected chi connectivity index (χ4v) is 9.65. The fourth-order valence-electron chi connectivity index (χ4n) is 9.65. The van der Waals surface area contributed by atoms with E-state index in [-0.39, 0.29) is 0 Å². The molecule has 11 aromatic rings. The van der Waals surface area contributed by atoms with Crippen LogP contribution in [0, 0.1) is 0 Å². The molecule has 0 unspecified atom stereocenters. The molecular formula is C66H48N2. The molecule has 68 heavy (non-hydrogen) atoms. The molecule has 0 aliphatic rings. The van der Waals surface area contributed by atoms with E-state index in [2.05, 4.69) is 272 Å². The summed E-state index contributed by atoms with van der Waals surface area (Å²) < 4.78 is 0. The van der Waals surface area contributed by atoms with Crippen molar-refractivity contribution in [2.24, 2.45) is 0 Å². The van der Waals surface area contributed by atoms with Crippen LogP contribution < -0.4 is 9.80 Å². The Hall–Kier alpha value is -8.98. The van der Waals surface area contributed by atoms with E-state index >= 15 is 0 Å². The van der Waals surface area contributed by atoms with Gasteiger partial charge in [0.15, 0.2) is 0 Å². The molecule has 11 rings (SSSR count). The molecule has 0 saturated carbocycles. The highest BCUT2D eigenvalue weighted by molar-refractivity contribution is 6.13. The zero-order valence-electron chi connectivity index (χ0n) is 37.7. The maximum Gasteiger partial charge on any atom is 0.0468 e. The number of para-hydroxylation sites is 2. The highest BCUT2D eigenvalue weighted by atomic mass is 15.1. The van der Waals surface area contributed by atoms with Gasteiger partial charge in [-0.2, -0.15) is 0 Å². The number of hydrogen-bond donors (Lipinski definition) is 0. The first-order chi connectivity index (χ1) is 33.6. The monoisotopic (exact) mass is 868 g/mol. The summed E-state index contributed by atoms with van der Waals surface area (Å²) >= 11 is 0. The van der Waals surface area contributed by atoms with Gasteiger partial charge in [0.2, 0.25) is 0 Å². The van der Waals surface area contributed by atoms with Crippen LogP contribution in [0.25, 0.3) is 77.5 Å². The predicted molar refractivity (Wildman–Crippen MR) is 294 cm³/mol. The highest BCUT2D eigenvalue weighted by Gasteiger charge is 2.17. The van der Waals surface area contributed by atoms with Gasteiger partial charge >= 0.3 is 0 Å². The number of fused-ring (bicyclic) bond motifs is 6. The molecule has 0 spiro atoms. The Labute approximate surface area is 398 Å². The summed E-state index contributed by atoms with van der Waals surface area (Å²) in [5.74, 6) is 0. The summed E-state index contributed by atoms with van der Waals surface area (Å²) in [6.07, 6.45) is 10.2. The van der Waals surface area contributed by atoms with Crippen LogP contribution in [0.1, 0.15) is 11.1 Å². The summed E-state index contributed by atoms with van der Waals surface area (Å²) in [4.78, 5) is 4.62. The van der Waals surface area contributed by atoms with Crippen molar-refractivity contribution in [1.82, 2.24) is 0 Å². The molecule has 2 nitrogen and oxygen atoms in total. The van der Waals surface area contributed by atoms with Gasteiger partial charge in [0.05, 0.1) is 0 Å². The molecule has 11 aromatic carbocycles. The van der Waals surface area contributed by atoms with E-state index in [9.17, 15) is 0 Å². The Morgan fingerprint density at radius 1 is 0.338 bits per heavy atom. The molecule has 0 atom stereocenters. The minimum absolute atomic E-state index is 0.989. The third-order valence-electron chi connectivity index (χ3n) is 12.9. The van der Waals surface area contributed by atoms with E-state index in [1.807, 2.05) is 18.2 Å². The molecule has 322 valence electrons. The van der Waals surface area contributed by atoms with Gasteiger partial charge in [-0.05, 0) is 161 Å². The van der Waals surface area contributed by atoms with Gasteiger partial charge in [-0.15, -0.1) is 0 Å². The van der Waals surface area contributed by atoms with Crippen LogP contribution in [-0.2, 0) is 0 Å². The van der Waals surface area contributed by atoms with Gasteiger partial charge in [-0.1, -0.05) is 195 Å². The topological polar surface area (TPSA) is 6.48 Å². The summed E-state index contributed by atoms with van der Waals surface area (Å²) in [7, 11) is 0. The smallest absolute Gasteiger partial charge is 0.0468 e. The molecule has 0 amide bonds. The van der Waals surface area contributed by atoms with Crippen molar-refractivity contribution in [3.8, 4) is 22.3 Å². The van der Waals surface area contributed by atoms with E-state index in [0.29, 0.717) is 0 Å². The minimum atomic E-state index is 0.989. The van der Waals surface area contributed by atoms with Gasteiger partial charge in [-0.25, -0.2) is 0 Å². The molecule has 0 aliphatic heterocycles. The first-order valence-corrected chi connectivity index (χ1v) is 23.1. The quantitative estimate of drug-likeness (QED) is 0.0892. The van der Waals surface area contributed by atoms with Gasteiger partial charge in [0.25, 0.3) is 0 Å². The molecule has 2 heteroatoms. The maximum atomic E-state index is 4.32. The molecule has 0 aliphatic carbocycles. The summed E-state index contributed by atoms with van der Waals surface area (Å²) in [5, 5.41) is 9.82. The molecule has 0 radical (unpaired) electrons. The zero-order chi connectivity index (χ0) is 45.8. The number of hydrogen-bond acceptors (Lipinski definition) is 2. The molecule has 0 saturated heterocycles. The second-order valence-corrected chi connectivity index (χ2v) is 17.0. The third-order valence-corrected chi connectivity index (χ3v) is 12.9. The van der Waals surface area contributed by atoms with Crippen LogP contribution in [0.2, 0.25) is 0 Å². The van der Waals surface area contributed by atoms with Gasteiger partial charge < -0.3 is 9.80 Å². The van der Waals surface area contributed by atoms with Crippen LogP contribution in [-0.4, -0.2) is 0 Å². The second-order valence-electron chi connectivity index (χ2n) is 17.0. The van der Waals surface area contributed by atoms with Gasteiger partial charge in [0.1, 0.15) is 0 Å². The Bertz CT molecular complexity index is 3680. The standard InChI is InChI=1S/C66H48N2/c1-3-5-18-53-43-51-19-12-15-26-62(51)65-42-41-60(46-66(53)65)68(57-23-10-7-11-24-57)59-39-35-50(36-40-59)48-31-29-47(30-32-48)49-33-37-58(38-34-49)67(56-21-8-6-9-22-56)55(4-2)45-54-44-52-20-13-14-25-61(52)64-28-17-16-27-63(54)64/h3-46H,1-2H2/b18-5-,55-45+. The summed E-state index contributed by atoms with van der Waals surface area (Å²) in [6, 6.07) is 85.1. The Balaban J connectivity index is 0.887. The van der Waals surface area contributed by atoms with Gasteiger partial charge in [0, 0.05) is 34.1 Å². The van der Waals surface area contributed by atoms with Crippen LogP contribution in [0.5, 0.6) is 0 Å². The number of benzene rings is 11. The summed E-state index contributed by atoms with van der Waals surface area (Å²) in [6.45, 7) is 8.26. The Morgan fingerprint density at radius 2 is 0.765 bits per heavy atom.